The molecular formula is C14H16N6O5S2. The minimum atomic E-state index is -1.08. The lowest BCUT2D eigenvalue weighted by molar-refractivity contribution is -0.144. The van der Waals surface area contributed by atoms with Gasteiger partial charge in [0.2, 0.25) is 11.5 Å². The first kappa shape index (κ1) is 19.1. The summed E-state index contributed by atoms with van der Waals surface area (Å²) in [7, 11) is 0. The van der Waals surface area contributed by atoms with Crippen LogP contribution < -0.4 is 11.1 Å². The molecule has 0 bridgehead atoms. The third-order valence-corrected chi connectivity index (χ3v) is 5.43. The van der Waals surface area contributed by atoms with Crippen molar-refractivity contribution in [3.63, 3.8) is 0 Å². The fourth-order valence-corrected chi connectivity index (χ4v) is 4.00. The summed E-state index contributed by atoms with van der Waals surface area (Å²) >= 11 is 2.16. The van der Waals surface area contributed by atoms with Crippen LogP contribution in [0.2, 0.25) is 0 Å². The smallest absolute Gasteiger partial charge is 0.333 e. The lowest BCUT2D eigenvalue weighted by atomic mass is 10.1. The first-order chi connectivity index (χ1) is 12.8. The molecule has 0 radical (unpaired) electrons. The standard InChI is InChI=1S/C14H16N6O5S2/c1-5(2)25-18-7(9-17-14(15)27-19-9)10(21)16-8-11(22)20-3-6(13(23)24)4-26-12(8)20/h3,5,8,12H,4H2,1-2H3,(H,16,21)(H,23,24)(H2,15,17,19)/t8?,12-/m1/s1. The predicted molar refractivity (Wildman–Crippen MR) is 97.8 cm³/mol. The molecule has 2 aliphatic heterocycles. The minimum Gasteiger partial charge on any atom is -0.478 e. The van der Waals surface area contributed by atoms with E-state index in [2.05, 4.69) is 19.8 Å². The summed E-state index contributed by atoms with van der Waals surface area (Å²) in [5, 5.41) is 15.2. The van der Waals surface area contributed by atoms with Gasteiger partial charge in [0.05, 0.1) is 5.57 Å². The van der Waals surface area contributed by atoms with Crippen molar-refractivity contribution >= 4 is 51.9 Å². The number of aromatic nitrogens is 2. The van der Waals surface area contributed by atoms with Gasteiger partial charge in [0, 0.05) is 23.5 Å². The number of carbonyl (C=O) groups is 3. The number of nitrogens with zero attached hydrogens (tertiary/aromatic N) is 4. The number of hydrogen-bond acceptors (Lipinski definition) is 10. The highest BCUT2D eigenvalue weighted by Gasteiger charge is 2.50. The van der Waals surface area contributed by atoms with Crippen LogP contribution in [0.1, 0.15) is 19.7 Å². The average Bonchev–Trinajstić information content (AvgIpc) is 3.04. The number of β-lactam (4-membered cyclic amide) rings is 1. The molecule has 3 heterocycles. The molecule has 0 aromatic carbocycles. The van der Waals surface area contributed by atoms with Gasteiger partial charge in [-0.2, -0.15) is 9.36 Å². The number of carboxylic acids is 1. The molecule has 0 spiro atoms. The number of nitrogens with one attached hydrogen (secondary N) is 1. The Labute approximate surface area is 161 Å². The van der Waals surface area contributed by atoms with E-state index in [9.17, 15) is 14.4 Å². The van der Waals surface area contributed by atoms with Gasteiger partial charge in [-0.1, -0.05) is 5.16 Å². The largest absolute Gasteiger partial charge is 0.478 e. The molecule has 144 valence electrons. The van der Waals surface area contributed by atoms with Crippen molar-refractivity contribution < 1.29 is 24.3 Å². The van der Waals surface area contributed by atoms with Crippen molar-refractivity contribution in [1.29, 1.82) is 0 Å². The fraction of sp³-hybridized carbons (Fsp3) is 0.429. The number of rotatable bonds is 6. The number of nitrogens with two attached hydrogens (primary N) is 1. The summed E-state index contributed by atoms with van der Waals surface area (Å²) in [6.45, 7) is 3.47. The second-order valence-corrected chi connectivity index (χ2v) is 7.80. The molecule has 1 fully saturated rings. The molecule has 1 aromatic heterocycles. The zero-order valence-electron chi connectivity index (χ0n) is 14.3. The molecule has 0 aliphatic carbocycles. The van der Waals surface area contributed by atoms with Crippen molar-refractivity contribution in [2.75, 3.05) is 11.5 Å². The van der Waals surface area contributed by atoms with E-state index in [0.29, 0.717) is 0 Å². The number of nitrogen functional groups attached to an aromatic ring is 1. The summed E-state index contributed by atoms with van der Waals surface area (Å²) < 4.78 is 3.95. The normalized spacial score (nSPS) is 22.0. The van der Waals surface area contributed by atoms with Gasteiger partial charge in [-0.15, -0.1) is 11.8 Å². The number of anilines is 1. The molecular weight excluding hydrogens is 396 g/mol. The van der Waals surface area contributed by atoms with E-state index in [0.717, 1.165) is 11.5 Å². The van der Waals surface area contributed by atoms with Gasteiger partial charge in [-0.05, 0) is 13.8 Å². The average molecular weight is 412 g/mol. The van der Waals surface area contributed by atoms with Crippen molar-refractivity contribution in [1.82, 2.24) is 19.6 Å². The van der Waals surface area contributed by atoms with Crippen LogP contribution >= 0.6 is 23.3 Å². The van der Waals surface area contributed by atoms with Crippen molar-refractivity contribution in [3.05, 3.63) is 17.6 Å². The Balaban J connectivity index is 1.74. The third kappa shape index (κ3) is 3.88. The summed E-state index contributed by atoms with van der Waals surface area (Å²) in [6.07, 6.45) is 1.02. The summed E-state index contributed by atoms with van der Waals surface area (Å²) in [6, 6.07) is -0.811. The number of aliphatic carboxylic acids is 1. The molecule has 13 heteroatoms. The highest BCUT2D eigenvalue weighted by atomic mass is 32.2. The van der Waals surface area contributed by atoms with E-state index < -0.39 is 23.8 Å². The van der Waals surface area contributed by atoms with Gasteiger partial charge in [0.25, 0.3) is 11.8 Å². The van der Waals surface area contributed by atoms with E-state index in [4.69, 9.17) is 15.7 Å². The summed E-state index contributed by atoms with van der Waals surface area (Å²) in [4.78, 5) is 46.3. The highest BCUT2D eigenvalue weighted by Crippen LogP contribution is 2.36. The number of thioether (sulfide) groups is 1. The van der Waals surface area contributed by atoms with Gasteiger partial charge in [-0.25, -0.2) is 4.79 Å². The Morgan fingerprint density at radius 1 is 1.52 bits per heavy atom. The number of carbonyl (C=O) groups excluding carboxylic acids is 2. The molecule has 2 aliphatic rings. The van der Waals surface area contributed by atoms with Crippen molar-refractivity contribution in [2.24, 2.45) is 5.16 Å². The van der Waals surface area contributed by atoms with E-state index in [1.165, 1.54) is 22.9 Å². The minimum absolute atomic E-state index is 0.00337. The van der Waals surface area contributed by atoms with E-state index in [1.807, 2.05) is 0 Å². The first-order valence-electron chi connectivity index (χ1n) is 7.80. The Morgan fingerprint density at radius 2 is 2.26 bits per heavy atom. The van der Waals surface area contributed by atoms with Gasteiger partial charge in [-0.3, -0.25) is 9.59 Å². The molecule has 4 N–H and O–H groups in total. The number of carboxylic acid groups (broad SMARTS) is 1. The van der Waals surface area contributed by atoms with Gasteiger partial charge in [0.15, 0.2) is 5.13 Å². The third-order valence-electron chi connectivity index (χ3n) is 3.57. The number of oxime groups is 1. The maximum atomic E-state index is 12.6. The van der Waals surface area contributed by atoms with Gasteiger partial charge >= 0.3 is 5.97 Å². The maximum absolute atomic E-state index is 12.6. The lowest BCUT2D eigenvalue weighted by Gasteiger charge is -2.46. The Kier molecular flexibility index (Phi) is 5.32. The zero-order valence-corrected chi connectivity index (χ0v) is 15.9. The van der Waals surface area contributed by atoms with E-state index in [-0.39, 0.29) is 39.5 Å². The Morgan fingerprint density at radius 3 is 2.85 bits per heavy atom. The van der Waals surface area contributed by atoms with Crippen LogP contribution in [0.3, 0.4) is 0 Å². The molecule has 3 rings (SSSR count). The van der Waals surface area contributed by atoms with Crippen LogP contribution in [0.4, 0.5) is 5.13 Å². The quantitative estimate of drug-likeness (QED) is 0.321. The van der Waals surface area contributed by atoms with E-state index >= 15 is 0 Å². The second-order valence-electron chi connectivity index (χ2n) is 5.91. The zero-order chi connectivity index (χ0) is 19.7. The SMILES string of the molecule is CC(C)ON=C(C(=O)NC1C(=O)N2C=C(C(=O)O)CS[C@H]12)c1nsc(N)n1. The number of amides is 2. The lowest BCUT2D eigenvalue weighted by Crippen LogP contribution is -2.69. The molecule has 11 nitrogen and oxygen atoms in total. The van der Waals surface area contributed by atoms with Crippen molar-refractivity contribution in [3.8, 4) is 0 Å². The monoisotopic (exact) mass is 412 g/mol. The Hall–Kier alpha value is -2.67. The van der Waals surface area contributed by atoms with Crippen LogP contribution in [-0.4, -0.2) is 66.1 Å². The van der Waals surface area contributed by atoms with Gasteiger partial charge in [0.1, 0.15) is 17.5 Å². The van der Waals surface area contributed by atoms with Gasteiger partial charge < -0.3 is 25.9 Å². The second kappa shape index (κ2) is 7.52. The van der Waals surface area contributed by atoms with Crippen LogP contribution in [0.25, 0.3) is 0 Å². The fourth-order valence-electron chi connectivity index (χ4n) is 2.31. The van der Waals surface area contributed by atoms with Crippen LogP contribution in [-0.2, 0) is 19.2 Å². The van der Waals surface area contributed by atoms with Crippen LogP contribution in [0, 0.1) is 0 Å². The molecule has 27 heavy (non-hydrogen) atoms. The molecule has 1 saturated heterocycles. The highest BCUT2D eigenvalue weighted by molar-refractivity contribution is 8.00. The number of hydrogen-bond donors (Lipinski definition) is 3. The van der Waals surface area contributed by atoms with E-state index in [1.54, 1.807) is 13.8 Å². The molecule has 0 saturated carbocycles. The Bertz CT molecular complexity index is 851. The number of fused-ring (bicyclic) bond motifs is 1. The van der Waals surface area contributed by atoms with Crippen LogP contribution in [0.15, 0.2) is 16.9 Å². The topological polar surface area (TPSA) is 160 Å². The molecule has 2 amide bonds. The summed E-state index contributed by atoms with van der Waals surface area (Å²) in [5.74, 6) is -1.93. The molecule has 2 atom stereocenters. The maximum Gasteiger partial charge on any atom is 0.333 e. The first-order valence-corrected chi connectivity index (χ1v) is 9.62. The van der Waals surface area contributed by atoms with Crippen molar-refractivity contribution in [2.45, 2.75) is 31.4 Å². The predicted octanol–water partition coefficient (Wildman–Crippen LogP) is -0.382. The molecule has 1 unspecified atom stereocenters. The summed E-state index contributed by atoms with van der Waals surface area (Å²) in [5.41, 5.74) is 5.50. The van der Waals surface area contributed by atoms with Crippen LogP contribution in [0.5, 0.6) is 0 Å². The molecule has 1 aromatic rings.